The van der Waals surface area contributed by atoms with Crippen molar-refractivity contribution in [1.82, 2.24) is 10.1 Å². The molecule has 78 valence electrons. The highest BCUT2D eigenvalue weighted by Gasteiger charge is 2.11. The second kappa shape index (κ2) is 4.08. The fourth-order valence-electron chi connectivity index (χ4n) is 1.20. The Hall–Kier alpha value is -1.91. The fourth-order valence-corrected chi connectivity index (χ4v) is 1.20. The molecule has 0 amide bonds. The SMILES string of the molecule is CCNc1nc(-c2ccccc2F)no1. The van der Waals surface area contributed by atoms with E-state index in [2.05, 4.69) is 15.5 Å². The Labute approximate surface area is 86.1 Å². The third-order valence-electron chi connectivity index (χ3n) is 1.87. The van der Waals surface area contributed by atoms with Crippen molar-refractivity contribution in [1.29, 1.82) is 0 Å². The van der Waals surface area contributed by atoms with Gasteiger partial charge in [0.1, 0.15) is 5.82 Å². The molecular formula is C10H10FN3O. The summed E-state index contributed by atoms with van der Waals surface area (Å²) in [5.74, 6) is -0.106. The van der Waals surface area contributed by atoms with E-state index in [0.717, 1.165) is 0 Å². The lowest BCUT2D eigenvalue weighted by Crippen LogP contribution is -1.96. The molecule has 1 aromatic heterocycles. The number of anilines is 1. The Morgan fingerprint density at radius 1 is 1.40 bits per heavy atom. The predicted molar refractivity (Wildman–Crippen MR) is 53.9 cm³/mol. The number of halogens is 1. The van der Waals surface area contributed by atoms with E-state index in [1.807, 2.05) is 6.92 Å². The van der Waals surface area contributed by atoms with Crippen LogP contribution >= 0.6 is 0 Å². The molecule has 1 aromatic carbocycles. The van der Waals surface area contributed by atoms with Gasteiger partial charge in [0.15, 0.2) is 0 Å². The topological polar surface area (TPSA) is 51.0 Å². The molecule has 0 atom stereocenters. The zero-order valence-electron chi connectivity index (χ0n) is 8.20. The van der Waals surface area contributed by atoms with E-state index in [1.165, 1.54) is 6.07 Å². The van der Waals surface area contributed by atoms with Crippen LogP contribution in [0.2, 0.25) is 0 Å². The molecule has 1 N–H and O–H groups in total. The van der Waals surface area contributed by atoms with Crippen LogP contribution < -0.4 is 5.32 Å². The van der Waals surface area contributed by atoms with Crippen LogP contribution in [0.25, 0.3) is 11.4 Å². The molecule has 1 heterocycles. The molecule has 0 aliphatic rings. The second-order valence-electron chi connectivity index (χ2n) is 2.93. The Bertz CT molecular complexity index is 455. The Morgan fingerprint density at radius 3 is 2.93 bits per heavy atom. The summed E-state index contributed by atoms with van der Waals surface area (Å²) < 4.78 is 18.2. The summed E-state index contributed by atoms with van der Waals surface area (Å²) in [6.07, 6.45) is 0. The molecule has 0 aliphatic carbocycles. The normalized spacial score (nSPS) is 10.3. The van der Waals surface area contributed by atoms with Crippen LogP contribution in [0.1, 0.15) is 6.92 Å². The van der Waals surface area contributed by atoms with Crippen molar-refractivity contribution in [2.75, 3.05) is 11.9 Å². The van der Waals surface area contributed by atoms with Gasteiger partial charge in [-0.1, -0.05) is 17.3 Å². The molecule has 0 radical (unpaired) electrons. The summed E-state index contributed by atoms with van der Waals surface area (Å²) in [5, 5.41) is 6.53. The maximum atomic E-state index is 13.3. The highest BCUT2D eigenvalue weighted by atomic mass is 19.1. The van der Waals surface area contributed by atoms with Gasteiger partial charge in [0, 0.05) is 6.54 Å². The third kappa shape index (κ3) is 1.96. The van der Waals surface area contributed by atoms with Gasteiger partial charge in [0.25, 0.3) is 0 Å². The highest BCUT2D eigenvalue weighted by molar-refractivity contribution is 5.56. The molecule has 2 rings (SSSR count). The van der Waals surface area contributed by atoms with Crippen LogP contribution in [0.4, 0.5) is 10.4 Å². The molecule has 0 saturated carbocycles. The molecule has 0 aliphatic heterocycles. The molecule has 0 fully saturated rings. The number of benzene rings is 1. The van der Waals surface area contributed by atoms with Gasteiger partial charge in [-0.2, -0.15) is 4.98 Å². The Kier molecular flexibility index (Phi) is 2.62. The number of hydrogen-bond acceptors (Lipinski definition) is 4. The lowest BCUT2D eigenvalue weighted by Gasteiger charge is -1.94. The monoisotopic (exact) mass is 207 g/mol. The van der Waals surface area contributed by atoms with Gasteiger partial charge >= 0.3 is 6.01 Å². The van der Waals surface area contributed by atoms with Gasteiger partial charge in [-0.25, -0.2) is 4.39 Å². The summed E-state index contributed by atoms with van der Waals surface area (Å²) in [6, 6.07) is 6.61. The molecule has 0 unspecified atom stereocenters. The molecule has 0 bridgehead atoms. The van der Waals surface area contributed by atoms with Crippen molar-refractivity contribution >= 4 is 6.01 Å². The van der Waals surface area contributed by atoms with E-state index in [4.69, 9.17) is 4.52 Å². The van der Waals surface area contributed by atoms with E-state index in [1.54, 1.807) is 18.2 Å². The van der Waals surface area contributed by atoms with Crippen molar-refractivity contribution in [3.63, 3.8) is 0 Å². The van der Waals surface area contributed by atoms with Crippen LogP contribution in [-0.4, -0.2) is 16.7 Å². The molecule has 0 saturated heterocycles. The summed E-state index contributed by atoms with van der Waals surface area (Å²) >= 11 is 0. The van der Waals surface area contributed by atoms with E-state index in [0.29, 0.717) is 18.1 Å². The predicted octanol–water partition coefficient (Wildman–Crippen LogP) is 2.31. The smallest absolute Gasteiger partial charge is 0.321 e. The van der Waals surface area contributed by atoms with Gasteiger partial charge in [0.05, 0.1) is 5.56 Å². The van der Waals surface area contributed by atoms with E-state index in [-0.39, 0.29) is 11.6 Å². The van der Waals surface area contributed by atoms with Crippen LogP contribution in [0.3, 0.4) is 0 Å². The Balaban J connectivity index is 2.33. The number of hydrogen-bond donors (Lipinski definition) is 1. The quantitative estimate of drug-likeness (QED) is 0.839. The number of nitrogens with one attached hydrogen (secondary N) is 1. The lowest BCUT2D eigenvalue weighted by atomic mass is 10.2. The molecule has 15 heavy (non-hydrogen) atoms. The standard InChI is InChI=1S/C10H10FN3O/c1-2-12-10-13-9(14-15-10)7-5-3-4-6-8(7)11/h3-6H,2H2,1H3,(H,12,13,14). The molecule has 4 nitrogen and oxygen atoms in total. The molecular weight excluding hydrogens is 197 g/mol. The van der Waals surface area contributed by atoms with Gasteiger partial charge in [-0.05, 0) is 19.1 Å². The minimum atomic E-state index is -0.360. The van der Waals surface area contributed by atoms with E-state index < -0.39 is 0 Å². The summed E-state index contributed by atoms with van der Waals surface area (Å²) in [6.45, 7) is 2.59. The number of nitrogens with zero attached hydrogens (tertiary/aromatic N) is 2. The highest BCUT2D eigenvalue weighted by Crippen LogP contribution is 2.20. The first kappa shape index (κ1) is 9.64. The molecule has 2 aromatic rings. The number of aromatic nitrogens is 2. The van der Waals surface area contributed by atoms with Crippen LogP contribution in [0, 0.1) is 5.82 Å². The summed E-state index contributed by atoms with van der Waals surface area (Å²) in [5.41, 5.74) is 0.338. The summed E-state index contributed by atoms with van der Waals surface area (Å²) in [7, 11) is 0. The number of rotatable bonds is 3. The van der Waals surface area contributed by atoms with Gasteiger partial charge in [-0.15, -0.1) is 0 Å². The average molecular weight is 207 g/mol. The van der Waals surface area contributed by atoms with Crippen molar-refractivity contribution in [3.05, 3.63) is 30.1 Å². The van der Waals surface area contributed by atoms with Crippen molar-refractivity contribution in [3.8, 4) is 11.4 Å². The van der Waals surface area contributed by atoms with E-state index >= 15 is 0 Å². The zero-order chi connectivity index (χ0) is 10.7. The second-order valence-corrected chi connectivity index (χ2v) is 2.93. The fraction of sp³-hybridized carbons (Fsp3) is 0.200. The van der Waals surface area contributed by atoms with Gasteiger partial charge in [0.2, 0.25) is 5.82 Å². The zero-order valence-corrected chi connectivity index (χ0v) is 8.20. The average Bonchev–Trinajstić information content (AvgIpc) is 2.68. The minimum Gasteiger partial charge on any atom is -0.338 e. The van der Waals surface area contributed by atoms with Crippen molar-refractivity contribution < 1.29 is 8.91 Å². The van der Waals surface area contributed by atoms with Crippen molar-refractivity contribution in [2.24, 2.45) is 0 Å². The van der Waals surface area contributed by atoms with Crippen LogP contribution in [0.5, 0.6) is 0 Å². The summed E-state index contributed by atoms with van der Waals surface area (Å²) in [4.78, 5) is 4.00. The molecule has 5 heteroatoms. The first-order valence-electron chi connectivity index (χ1n) is 4.63. The van der Waals surface area contributed by atoms with Gasteiger partial charge in [-0.3, -0.25) is 0 Å². The maximum absolute atomic E-state index is 13.3. The Morgan fingerprint density at radius 2 is 2.20 bits per heavy atom. The first-order chi connectivity index (χ1) is 7.31. The minimum absolute atomic E-state index is 0.254. The van der Waals surface area contributed by atoms with Crippen molar-refractivity contribution in [2.45, 2.75) is 6.92 Å². The van der Waals surface area contributed by atoms with E-state index in [9.17, 15) is 4.39 Å². The first-order valence-corrected chi connectivity index (χ1v) is 4.63. The van der Waals surface area contributed by atoms with Gasteiger partial charge < -0.3 is 9.84 Å². The third-order valence-corrected chi connectivity index (χ3v) is 1.87. The lowest BCUT2D eigenvalue weighted by molar-refractivity contribution is 0.432. The largest absolute Gasteiger partial charge is 0.338 e. The molecule has 0 spiro atoms. The van der Waals surface area contributed by atoms with Crippen LogP contribution in [-0.2, 0) is 0 Å². The van der Waals surface area contributed by atoms with Crippen LogP contribution in [0.15, 0.2) is 28.8 Å². The maximum Gasteiger partial charge on any atom is 0.321 e.